The number of anilines is 1. The van der Waals surface area contributed by atoms with Crippen LogP contribution in [-0.2, 0) is 6.42 Å². The van der Waals surface area contributed by atoms with Gasteiger partial charge in [-0.2, -0.15) is 0 Å². The monoisotopic (exact) mass is 444 g/mol. The lowest BCUT2D eigenvalue weighted by atomic mass is 10.2. The number of fused-ring (bicyclic) bond motifs is 1. The molecule has 0 bridgehead atoms. The van der Waals surface area contributed by atoms with E-state index in [0.29, 0.717) is 6.61 Å². The molecule has 0 unspecified atom stereocenters. The predicted octanol–water partition coefficient (Wildman–Crippen LogP) is 5.12. The number of hydrogen-bond acceptors (Lipinski definition) is 6. The summed E-state index contributed by atoms with van der Waals surface area (Å²) in [6.45, 7) is 7.79. The number of thiophene rings is 1. The van der Waals surface area contributed by atoms with E-state index in [-0.39, 0.29) is 0 Å². The van der Waals surface area contributed by atoms with Crippen LogP contribution in [0.5, 0.6) is 5.75 Å². The maximum Gasteiger partial charge on any atom is 0.163 e. The molecule has 0 radical (unpaired) electrons. The summed E-state index contributed by atoms with van der Waals surface area (Å²) in [6.07, 6.45) is 1.02. The largest absolute Gasteiger partial charge is 0.492 e. The first-order chi connectivity index (χ1) is 15.8. The zero-order chi connectivity index (χ0) is 21.8. The average Bonchev–Trinajstić information content (AvgIpc) is 3.29. The molecule has 0 spiro atoms. The third kappa shape index (κ3) is 4.61. The van der Waals surface area contributed by atoms with Gasteiger partial charge in [0.1, 0.15) is 23.0 Å². The lowest BCUT2D eigenvalue weighted by molar-refractivity contribution is 0.200. The van der Waals surface area contributed by atoms with E-state index < -0.39 is 0 Å². The van der Waals surface area contributed by atoms with Crippen LogP contribution in [0.2, 0.25) is 0 Å². The van der Waals surface area contributed by atoms with E-state index in [2.05, 4.69) is 34.9 Å². The Kier molecular flexibility index (Phi) is 6.32. The van der Waals surface area contributed by atoms with Crippen LogP contribution >= 0.6 is 11.3 Å². The van der Waals surface area contributed by atoms with E-state index in [0.717, 1.165) is 66.9 Å². The van der Waals surface area contributed by atoms with E-state index in [1.165, 1.54) is 10.3 Å². The Labute approximate surface area is 193 Å². The molecule has 0 amide bonds. The standard InChI is InChI=1S/C26H28N4OS/c1-2-22-19-23-25(27-24(28-26(23)32-22)20-9-5-3-6-10-20)30-15-13-29(14-16-30)17-18-31-21-11-7-4-8-12-21/h3-12,19H,2,13-18H2,1H3. The summed E-state index contributed by atoms with van der Waals surface area (Å²) in [5, 5.41) is 1.19. The highest BCUT2D eigenvalue weighted by Gasteiger charge is 2.22. The van der Waals surface area contributed by atoms with Crippen LogP contribution in [0, 0.1) is 0 Å². The second-order valence-electron chi connectivity index (χ2n) is 8.01. The molecule has 6 heteroatoms. The third-order valence-corrected chi connectivity index (χ3v) is 7.07. The Morgan fingerprint density at radius 1 is 0.906 bits per heavy atom. The second-order valence-corrected chi connectivity index (χ2v) is 9.13. The van der Waals surface area contributed by atoms with E-state index in [4.69, 9.17) is 14.7 Å². The van der Waals surface area contributed by atoms with Gasteiger partial charge in [0.15, 0.2) is 5.82 Å². The third-order valence-electron chi connectivity index (χ3n) is 5.90. The highest BCUT2D eigenvalue weighted by atomic mass is 32.1. The highest BCUT2D eigenvalue weighted by Crippen LogP contribution is 2.34. The zero-order valence-corrected chi connectivity index (χ0v) is 19.2. The van der Waals surface area contributed by atoms with E-state index in [1.54, 1.807) is 11.3 Å². The van der Waals surface area contributed by atoms with Gasteiger partial charge in [-0.1, -0.05) is 55.5 Å². The summed E-state index contributed by atoms with van der Waals surface area (Å²) in [5.41, 5.74) is 1.07. The summed E-state index contributed by atoms with van der Waals surface area (Å²) < 4.78 is 5.88. The summed E-state index contributed by atoms with van der Waals surface area (Å²) in [7, 11) is 0. The minimum absolute atomic E-state index is 0.713. The molecular formula is C26H28N4OS. The molecular weight excluding hydrogens is 416 g/mol. The Bertz CT molecular complexity index is 1150. The van der Waals surface area contributed by atoms with Crippen molar-refractivity contribution in [2.45, 2.75) is 13.3 Å². The Morgan fingerprint density at radius 3 is 2.34 bits per heavy atom. The van der Waals surface area contributed by atoms with Gasteiger partial charge in [0.25, 0.3) is 0 Å². The zero-order valence-electron chi connectivity index (χ0n) is 18.4. The maximum absolute atomic E-state index is 5.88. The first-order valence-corrected chi connectivity index (χ1v) is 12.1. The summed E-state index contributed by atoms with van der Waals surface area (Å²) in [4.78, 5) is 17.3. The van der Waals surface area contributed by atoms with Gasteiger partial charge in [0.2, 0.25) is 0 Å². The SMILES string of the molecule is CCc1cc2c(N3CCN(CCOc4ccccc4)CC3)nc(-c3ccccc3)nc2s1. The molecule has 1 saturated heterocycles. The van der Waals surface area contributed by atoms with Crippen LogP contribution in [0.15, 0.2) is 66.7 Å². The van der Waals surface area contributed by atoms with Crippen LogP contribution in [0.4, 0.5) is 5.82 Å². The first-order valence-electron chi connectivity index (χ1n) is 11.3. The smallest absolute Gasteiger partial charge is 0.163 e. The molecule has 0 aliphatic carbocycles. The molecule has 4 aromatic rings. The number of nitrogens with zero attached hydrogens (tertiary/aromatic N) is 4. The Morgan fingerprint density at radius 2 is 1.62 bits per heavy atom. The molecule has 3 heterocycles. The Hall–Kier alpha value is -2.96. The van der Waals surface area contributed by atoms with Crippen molar-refractivity contribution in [1.82, 2.24) is 14.9 Å². The lowest BCUT2D eigenvalue weighted by Crippen LogP contribution is -2.47. The average molecular weight is 445 g/mol. The van der Waals surface area contributed by atoms with Gasteiger partial charge in [-0.15, -0.1) is 11.3 Å². The van der Waals surface area contributed by atoms with Crippen molar-refractivity contribution in [2.24, 2.45) is 0 Å². The van der Waals surface area contributed by atoms with Crippen LogP contribution in [0.3, 0.4) is 0 Å². The van der Waals surface area contributed by atoms with Crippen LogP contribution in [0.25, 0.3) is 21.6 Å². The quantitative estimate of drug-likeness (QED) is 0.396. The van der Waals surface area contributed by atoms with Gasteiger partial charge in [-0.3, -0.25) is 4.90 Å². The molecule has 0 atom stereocenters. The number of piperazine rings is 1. The van der Waals surface area contributed by atoms with Crippen molar-refractivity contribution in [3.05, 3.63) is 71.6 Å². The number of aromatic nitrogens is 2. The molecule has 32 heavy (non-hydrogen) atoms. The molecule has 164 valence electrons. The number of aryl methyl sites for hydroxylation is 1. The minimum atomic E-state index is 0.713. The van der Waals surface area contributed by atoms with Crippen molar-refractivity contribution >= 4 is 27.4 Å². The molecule has 5 rings (SSSR count). The van der Waals surface area contributed by atoms with Crippen molar-refractivity contribution in [3.8, 4) is 17.1 Å². The summed E-state index contributed by atoms with van der Waals surface area (Å²) in [6, 6.07) is 22.6. The van der Waals surface area contributed by atoms with E-state index in [1.807, 2.05) is 48.5 Å². The molecule has 5 nitrogen and oxygen atoms in total. The van der Waals surface area contributed by atoms with Crippen LogP contribution in [-0.4, -0.2) is 54.2 Å². The van der Waals surface area contributed by atoms with Crippen molar-refractivity contribution in [3.63, 3.8) is 0 Å². The van der Waals surface area contributed by atoms with Crippen molar-refractivity contribution in [1.29, 1.82) is 0 Å². The van der Waals surface area contributed by atoms with Gasteiger partial charge in [0, 0.05) is 43.2 Å². The van der Waals surface area contributed by atoms with Crippen molar-refractivity contribution in [2.75, 3.05) is 44.2 Å². The van der Waals surface area contributed by atoms with Gasteiger partial charge < -0.3 is 9.64 Å². The second kappa shape index (κ2) is 9.67. The normalized spacial score (nSPS) is 14.7. The topological polar surface area (TPSA) is 41.5 Å². The number of ether oxygens (including phenoxy) is 1. The number of hydrogen-bond donors (Lipinski definition) is 0. The summed E-state index contributed by atoms with van der Waals surface area (Å²) >= 11 is 1.79. The Balaban J connectivity index is 1.30. The molecule has 2 aromatic heterocycles. The van der Waals surface area contributed by atoms with E-state index >= 15 is 0 Å². The molecule has 0 saturated carbocycles. The molecule has 2 aromatic carbocycles. The van der Waals surface area contributed by atoms with Crippen molar-refractivity contribution < 1.29 is 4.74 Å². The van der Waals surface area contributed by atoms with E-state index in [9.17, 15) is 0 Å². The first kappa shape index (κ1) is 20.9. The predicted molar refractivity (Wildman–Crippen MR) is 133 cm³/mol. The van der Waals surface area contributed by atoms with Gasteiger partial charge in [-0.25, -0.2) is 9.97 Å². The maximum atomic E-state index is 5.88. The summed E-state index contributed by atoms with van der Waals surface area (Å²) in [5.74, 6) is 2.83. The van der Waals surface area contributed by atoms with Crippen LogP contribution in [0.1, 0.15) is 11.8 Å². The molecule has 1 aliphatic rings. The molecule has 1 aliphatic heterocycles. The van der Waals surface area contributed by atoms with Gasteiger partial charge in [-0.05, 0) is 24.6 Å². The molecule has 1 fully saturated rings. The highest BCUT2D eigenvalue weighted by molar-refractivity contribution is 7.18. The molecule has 0 N–H and O–H groups in total. The fourth-order valence-corrected chi connectivity index (χ4v) is 5.04. The van der Waals surface area contributed by atoms with Crippen LogP contribution < -0.4 is 9.64 Å². The van der Waals surface area contributed by atoms with Gasteiger partial charge in [0.05, 0.1) is 5.39 Å². The number of rotatable bonds is 7. The fraction of sp³-hybridized carbons (Fsp3) is 0.308. The number of para-hydroxylation sites is 1. The minimum Gasteiger partial charge on any atom is -0.492 e. The lowest BCUT2D eigenvalue weighted by Gasteiger charge is -2.35. The van der Waals surface area contributed by atoms with Gasteiger partial charge >= 0.3 is 0 Å². The number of benzene rings is 2. The fourth-order valence-electron chi connectivity index (χ4n) is 4.08.